The number of benzene rings is 1. The molecular weight excluding hydrogens is 328 g/mol. The van der Waals surface area contributed by atoms with Crippen molar-refractivity contribution >= 4 is 37.9 Å². The summed E-state index contributed by atoms with van der Waals surface area (Å²) in [6, 6.07) is 5.63. The molecule has 0 aliphatic carbocycles. The molecule has 1 aromatic heterocycles. The minimum absolute atomic E-state index is 0.137. The van der Waals surface area contributed by atoms with Gasteiger partial charge in [0, 0.05) is 9.86 Å². The monoisotopic (exact) mass is 344 g/mol. The zero-order valence-corrected chi connectivity index (χ0v) is 13.8. The van der Waals surface area contributed by atoms with Gasteiger partial charge in [-0.1, -0.05) is 21.1 Å². The van der Waals surface area contributed by atoms with E-state index in [0.29, 0.717) is 0 Å². The van der Waals surface area contributed by atoms with Gasteiger partial charge in [-0.25, -0.2) is 8.93 Å². The van der Waals surface area contributed by atoms with Crippen molar-refractivity contribution in [2.45, 2.75) is 38.5 Å². The lowest BCUT2D eigenvalue weighted by molar-refractivity contribution is 0.437. The average molecular weight is 345 g/mol. The van der Waals surface area contributed by atoms with Crippen molar-refractivity contribution < 1.29 is 8.73 Å². The van der Waals surface area contributed by atoms with Crippen molar-refractivity contribution in [1.82, 2.24) is 9.88 Å². The number of hydrogen-bond donors (Lipinski definition) is 1. The summed E-state index contributed by atoms with van der Waals surface area (Å²) < 4.78 is 21.1. The standard InChI is InChI=1S/C13H17BrN2O2S/c1-8(16-19(17)13(2,3)4)12-10-6-5-9(14)7-11(10)18-15-12/h5-8,16H,1-4H3. The molecule has 0 saturated heterocycles. The molecule has 2 unspecified atom stereocenters. The van der Waals surface area contributed by atoms with Gasteiger partial charge in [0.2, 0.25) is 0 Å². The van der Waals surface area contributed by atoms with Crippen LogP contribution in [-0.2, 0) is 11.0 Å². The molecule has 104 valence electrons. The highest BCUT2D eigenvalue weighted by molar-refractivity contribution is 9.10. The largest absolute Gasteiger partial charge is 0.356 e. The predicted octanol–water partition coefficient (Wildman–Crippen LogP) is 3.70. The number of aromatic nitrogens is 1. The molecule has 1 heterocycles. The molecule has 0 aliphatic rings. The van der Waals surface area contributed by atoms with E-state index in [2.05, 4.69) is 25.8 Å². The van der Waals surface area contributed by atoms with E-state index in [1.54, 1.807) is 0 Å². The number of rotatable bonds is 3. The third-order valence-corrected chi connectivity index (χ3v) is 4.89. The highest BCUT2D eigenvalue weighted by atomic mass is 79.9. The Morgan fingerprint density at radius 1 is 1.42 bits per heavy atom. The van der Waals surface area contributed by atoms with E-state index in [1.165, 1.54) is 0 Å². The molecule has 19 heavy (non-hydrogen) atoms. The van der Waals surface area contributed by atoms with Gasteiger partial charge in [-0.3, -0.25) is 0 Å². The number of hydrogen-bond acceptors (Lipinski definition) is 3. The SMILES string of the molecule is CC(NS(=O)C(C)(C)C)c1noc2cc(Br)ccc12. The lowest BCUT2D eigenvalue weighted by Crippen LogP contribution is -2.34. The molecule has 2 atom stereocenters. The van der Waals surface area contributed by atoms with Gasteiger partial charge in [0.25, 0.3) is 0 Å². The summed E-state index contributed by atoms with van der Waals surface area (Å²) in [4.78, 5) is 0. The Morgan fingerprint density at radius 2 is 2.11 bits per heavy atom. The van der Waals surface area contributed by atoms with E-state index in [-0.39, 0.29) is 10.8 Å². The van der Waals surface area contributed by atoms with Gasteiger partial charge in [0.05, 0.1) is 21.8 Å². The van der Waals surface area contributed by atoms with Crippen LogP contribution in [0.4, 0.5) is 0 Å². The first-order valence-electron chi connectivity index (χ1n) is 6.02. The summed E-state index contributed by atoms with van der Waals surface area (Å²) in [6.07, 6.45) is 0. The Balaban J connectivity index is 2.27. The molecule has 1 N–H and O–H groups in total. The second kappa shape index (κ2) is 5.34. The molecule has 0 spiro atoms. The highest BCUT2D eigenvalue weighted by Crippen LogP contribution is 2.27. The summed E-state index contributed by atoms with van der Waals surface area (Å²) in [5.41, 5.74) is 1.50. The molecule has 0 saturated carbocycles. The van der Waals surface area contributed by atoms with Crippen LogP contribution in [0.2, 0.25) is 0 Å². The van der Waals surface area contributed by atoms with Gasteiger partial charge < -0.3 is 4.52 Å². The first kappa shape index (κ1) is 14.7. The highest BCUT2D eigenvalue weighted by Gasteiger charge is 2.24. The van der Waals surface area contributed by atoms with Crippen LogP contribution in [0.3, 0.4) is 0 Å². The predicted molar refractivity (Wildman–Crippen MR) is 81.2 cm³/mol. The van der Waals surface area contributed by atoms with Crippen LogP contribution in [0.1, 0.15) is 39.4 Å². The van der Waals surface area contributed by atoms with Crippen LogP contribution in [0.15, 0.2) is 27.2 Å². The average Bonchev–Trinajstić information content (AvgIpc) is 2.70. The fourth-order valence-corrected chi connectivity index (χ4v) is 2.76. The maximum Gasteiger partial charge on any atom is 0.168 e. The summed E-state index contributed by atoms with van der Waals surface area (Å²) in [6.45, 7) is 7.73. The summed E-state index contributed by atoms with van der Waals surface area (Å²) >= 11 is 3.39. The zero-order valence-electron chi connectivity index (χ0n) is 11.4. The van der Waals surface area contributed by atoms with Crippen LogP contribution in [-0.4, -0.2) is 14.1 Å². The van der Waals surface area contributed by atoms with Gasteiger partial charge in [-0.2, -0.15) is 0 Å². The molecule has 2 rings (SSSR count). The molecule has 0 aliphatic heterocycles. The summed E-state index contributed by atoms with van der Waals surface area (Å²) in [5, 5.41) is 5.02. The van der Waals surface area contributed by atoms with E-state index < -0.39 is 11.0 Å². The summed E-state index contributed by atoms with van der Waals surface area (Å²) in [7, 11) is -1.14. The van der Waals surface area contributed by atoms with Gasteiger partial charge >= 0.3 is 0 Å². The molecule has 2 aromatic rings. The second-order valence-electron chi connectivity index (χ2n) is 5.43. The van der Waals surface area contributed by atoms with Crippen LogP contribution in [0.5, 0.6) is 0 Å². The second-order valence-corrected chi connectivity index (χ2v) is 8.34. The van der Waals surface area contributed by atoms with E-state index in [4.69, 9.17) is 4.52 Å². The van der Waals surface area contributed by atoms with E-state index in [0.717, 1.165) is 21.1 Å². The van der Waals surface area contributed by atoms with Crippen molar-refractivity contribution in [3.05, 3.63) is 28.4 Å². The van der Waals surface area contributed by atoms with Gasteiger partial charge in [0.1, 0.15) is 5.69 Å². The Hall–Kier alpha value is -0.720. The lowest BCUT2D eigenvalue weighted by atomic mass is 10.1. The van der Waals surface area contributed by atoms with Crippen molar-refractivity contribution in [3.63, 3.8) is 0 Å². The molecule has 0 fully saturated rings. The fourth-order valence-electron chi connectivity index (χ4n) is 1.64. The number of nitrogens with zero attached hydrogens (tertiary/aromatic N) is 1. The fraction of sp³-hybridized carbons (Fsp3) is 0.462. The van der Waals surface area contributed by atoms with E-state index in [9.17, 15) is 4.21 Å². The zero-order chi connectivity index (χ0) is 14.2. The quantitative estimate of drug-likeness (QED) is 0.923. The normalized spacial score (nSPS) is 15.6. The number of halogens is 1. The molecule has 0 bridgehead atoms. The van der Waals surface area contributed by atoms with Gasteiger partial charge in [0.15, 0.2) is 5.58 Å². The van der Waals surface area contributed by atoms with Crippen molar-refractivity contribution in [1.29, 1.82) is 0 Å². The van der Waals surface area contributed by atoms with Gasteiger partial charge in [-0.05, 0) is 45.9 Å². The van der Waals surface area contributed by atoms with E-state index in [1.807, 2.05) is 45.9 Å². The topological polar surface area (TPSA) is 55.1 Å². The first-order chi connectivity index (χ1) is 8.79. The Kier molecular flexibility index (Phi) is 4.13. The Bertz CT molecular complexity index is 619. The summed E-state index contributed by atoms with van der Waals surface area (Å²) in [5.74, 6) is 0. The minimum atomic E-state index is -1.14. The number of fused-ring (bicyclic) bond motifs is 1. The number of nitrogens with one attached hydrogen (secondary N) is 1. The van der Waals surface area contributed by atoms with Crippen LogP contribution < -0.4 is 4.72 Å². The first-order valence-corrected chi connectivity index (χ1v) is 7.96. The third-order valence-electron chi connectivity index (χ3n) is 2.71. The molecule has 4 nitrogen and oxygen atoms in total. The van der Waals surface area contributed by atoms with Crippen LogP contribution in [0.25, 0.3) is 11.0 Å². The van der Waals surface area contributed by atoms with E-state index >= 15 is 0 Å². The van der Waals surface area contributed by atoms with Gasteiger partial charge in [-0.15, -0.1) is 0 Å². The maximum absolute atomic E-state index is 12.1. The molecule has 6 heteroatoms. The Labute approximate surface area is 123 Å². The van der Waals surface area contributed by atoms with Crippen molar-refractivity contribution in [2.75, 3.05) is 0 Å². The van der Waals surface area contributed by atoms with Crippen LogP contribution >= 0.6 is 15.9 Å². The lowest BCUT2D eigenvalue weighted by Gasteiger charge is -2.20. The molecule has 0 radical (unpaired) electrons. The molecular formula is C13H17BrN2O2S. The van der Waals surface area contributed by atoms with Crippen LogP contribution in [0, 0.1) is 0 Å². The van der Waals surface area contributed by atoms with Crippen molar-refractivity contribution in [3.8, 4) is 0 Å². The smallest absolute Gasteiger partial charge is 0.168 e. The minimum Gasteiger partial charge on any atom is -0.356 e. The van der Waals surface area contributed by atoms with Crippen molar-refractivity contribution in [2.24, 2.45) is 0 Å². The maximum atomic E-state index is 12.1. The molecule has 0 amide bonds. The third kappa shape index (κ3) is 3.24. The molecule has 1 aromatic carbocycles. The Morgan fingerprint density at radius 3 is 2.74 bits per heavy atom.